The van der Waals surface area contributed by atoms with Gasteiger partial charge in [0.2, 0.25) is 0 Å². The van der Waals surface area contributed by atoms with E-state index in [2.05, 4.69) is 21.2 Å². The van der Waals surface area contributed by atoms with Crippen molar-refractivity contribution in [2.75, 3.05) is 27.9 Å². The minimum atomic E-state index is 0.125. The van der Waals surface area contributed by atoms with Gasteiger partial charge in [0.1, 0.15) is 16.0 Å². The van der Waals surface area contributed by atoms with E-state index >= 15 is 0 Å². The molecule has 0 bridgehead atoms. The molecule has 1 aromatic carbocycles. The fourth-order valence-electron chi connectivity index (χ4n) is 2.57. The first kappa shape index (κ1) is 14.6. The van der Waals surface area contributed by atoms with Gasteiger partial charge in [-0.05, 0) is 48.0 Å². The first-order valence-electron chi connectivity index (χ1n) is 6.42. The van der Waals surface area contributed by atoms with E-state index in [1.54, 1.807) is 14.2 Å². The molecule has 1 fully saturated rings. The van der Waals surface area contributed by atoms with E-state index in [9.17, 15) is 0 Å². The van der Waals surface area contributed by atoms with Crippen LogP contribution < -0.4 is 14.8 Å². The molecule has 4 nitrogen and oxygen atoms in total. The second-order valence-electron chi connectivity index (χ2n) is 4.52. The molecule has 1 aliphatic rings. The number of methoxy groups -OCH3 is 2. The largest absolute Gasteiger partial charge is 0.495 e. The van der Waals surface area contributed by atoms with Gasteiger partial charge in [0.25, 0.3) is 0 Å². The summed E-state index contributed by atoms with van der Waals surface area (Å²) >= 11 is 3.54. The maximum Gasteiger partial charge on any atom is 0.141 e. The van der Waals surface area contributed by atoms with Crippen molar-refractivity contribution in [3.8, 4) is 11.5 Å². The molecule has 1 aromatic rings. The molecule has 1 N–H and O–H groups in total. The minimum Gasteiger partial charge on any atom is -0.495 e. The molecule has 0 amide bonds. The summed E-state index contributed by atoms with van der Waals surface area (Å²) in [6, 6.07) is 4.10. The van der Waals surface area contributed by atoms with Crippen molar-refractivity contribution in [2.45, 2.75) is 25.0 Å². The van der Waals surface area contributed by atoms with Gasteiger partial charge in [0.15, 0.2) is 0 Å². The lowest BCUT2D eigenvalue weighted by Crippen LogP contribution is -2.29. The van der Waals surface area contributed by atoms with Crippen molar-refractivity contribution < 1.29 is 14.2 Å². The van der Waals surface area contributed by atoms with Crippen LogP contribution in [0.2, 0.25) is 0 Å². The van der Waals surface area contributed by atoms with Crippen LogP contribution in [0.5, 0.6) is 11.5 Å². The normalized spacial score (nSPS) is 20.3. The van der Waals surface area contributed by atoms with Crippen LogP contribution in [0.25, 0.3) is 0 Å². The monoisotopic (exact) mass is 329 g/mol. The molecule has 0 radical (unpaired) electrons. The van der Waals surface area contributed by atoms with Crippen LogP contribution in [0.15, 0.2) is 16.6 Å². The number of hydrogen-bond acceptors (Lipinski definition) is 4. The quantitative estimate of drug-likeness (QED) is 0.901. The Labute approximate surface area is 122 Å². The molecule has 5 heteroatoms. The van der Waals surface area contributed by atoms with Crippen LogP contribution in [0.3, 0.4) is 0 Å². The molecule has 1 aliphatic heterocycles. The first-order valence-corrected chi connectivity index (χ1v) is 7.21. The zero-order valence-corrected chi connectivity index (χ0v) is 13.1. The van der Waals surface area contributed by atoms with Crippen molar-refractivity contribution in [3.63, 3.8) is 0 Å². The molecular formula is C14H20BrNO3. The lowest BCUT2D eigenvalue weighted by Gasteiger charge is -2.25. The molecular weight excluding hydrogens is 310 g/mol. The van der Waals surface area contributed by atoms with Crippen LogP contribution >= 0.6 is 15.9 Å². The summed E-state index contributed by atoms with van der Waals surface area (Å²) in [5, 5.41) is 3.33. The highest BCUT2D eigenvalue weighted by Crippen LogP contribution is 2.41. The van der Waals surface area contributed by atoms with Crippen LogP contribution in [0, 0.1) is 0 Å². The number of hydrogen-bond donors (Lipinski definition) is 1. The Hall–Kier alpha value is -0.780. The summed E-state index contributed by atoms with van der Waals surface area (Å²) < 4.78 is 17.5. The average molecular weight is 330 g/mol. The van der Waals surface area contributed by atoms with Crippen LogP contribution in [-0.2, 0) is 4.74 Å². The van der Waals surface area contributed by atoms with Crippen molar-refractivity contribution in [1.82, 2.24) is 5.32 Å². The molecule has 0 spiro atoms. The highest BCUT2D eigenvalue weighted by molar-refractivity contribution is 9.10. The maximum atomic E-state index is 5.79. The molecule has 2 atom stereocenters. The van der Waals surface area contributed by atoms with E-state index in [0.29, 0.717) is 0 Å². The van der Waals surface area contributed by atoms with Crippen molar-refractivity contribution >= 4 is 15.9 Å². The van der Waals surface area contributed by atoms with Gasteiger partial charge >= 0.3 is 0 Å². The van der Waals surface area contributed by atoms with Crippen LogP contribution in [0.1, 0.15) is 24.4 Å². The number of ether oxygens (including phenoxy) is 3. The summed E-state index contributed by atoms with van der Waals surface area (Å²) in [5.41, 5.74) is 1.09. The number of halogens is 1. The van der Waals surface area contributed by atoms with Crippen LogP contribution in [0.4, 0.5) is 0 Å². The molecule has 1 saturated heterocycles. The fraction of sp³-hybridized carbons (Fsp3) is 0.571. The van der Waals surface area contributed by atoms with E-state index in [4.69, 9.17) is 14.2 Å². The van der Waals surface area contributed by atoms with E-state index in [1.807, 2.05) is 19.2 Å². The molecule has 0 saturated carbocycles. The third-order valence-corrected chi connectivity index (χ3v) is 4.25. The van der Waals surface area contributed by atoms with Gasteiger partial charge in [0, 0.05) is 12.2 Å². The Balaban J connectivity index is 2.39. The van der Waals surface area contributed by atoms with Gasteiger partial charge in [-0.25, -0.2) is 0 Å². The summed E-state index contributed by atoms with van der Waals surface area (Å²) in [6.07, 6.45) is 2.38. The number of rotatable bonds is 5. The Bertz CT molecular complexity index is 433. The van der Waals surface area contributed by atoms with E-state index in [0.717, 1.165) is 41.0 Å². The Morgan fingerprint density at radius 3 is 2.68 bits per heavy atom. The average Bonchev–Trinajstić information content (AvgIpc) is 2.94. The van der Waals surface area contributed by atoms with Crippen molar-refractivity contribution in [3.05, 3.63) is 22.2 Å². The van der Waals surface area contributed by atoms with Gasteiger partial charge in [-0.2, -0.15) is 0 Å². The first-order chi connectivity index (χ1) is 9.22. The van der Waals surface area contributed by atoms with Gasteiger partial charge < -0.3 is 19.5 Å². The molecule has 2 rings (SSSR count). The highest BCUT2D eigenvalue weighted by atomic mass is 79.9. The minimum absolute atomic E-state index is 0.125. The van der Waals surface area contributed by atoms with Crippen LogP contribution in [-0.4, -0.2) is 34.0 Å². The number of nitrogens with one attached hydrogen (secondary N) is 1. The predicted octanol–water partition coefficient (Wildman–Crippen LogP) is 2.91. The summed E-state index contributed by atoms with van der Waals surface area (Å²) in [4.78, 5) is 0. The highest BCUT2D eigenvalue weighted by Gasteiger charge is 2.29. The standard InChI is InChI=1S/C14H20BrNO3/c1-16-13(11-5-4-8-19-11)9-6-7-10(17-2)12(15)14(9)18-3/h6-7,11,13,16H,4-5,8H2,1-3H3. The third-order valence-electron chi connectivity index (χ3n) is 3.50. The van der Waals surface area contributed by atoms with Gasteiger partial charge in [-0.15, -0.1) is 0 Å². The molecule has 0 aliphatic carbocycles. The third kappa shape index (κ3) is 2.88. The zero-order valence-electron chi connectivity index (χ0n) is 11.5. The summed E-state index contributed by atoms with van der Waals surface area (Å²) in [6.45, 7) is 0.836. The van der Waals surface area contributed by atoms with Gasteiger partial charge in [0.05, 0.1) is 26.4 Å². The SMILES string of the molecule is CNC(c1ccc(OC)c(Br)c1OC)C1CCCO1. The van der Waals surface area contributed by atoms with Crippen molar-refractivity contribution in [2.24, 2.45) is 0 Å². The maximum absolute atomic E-state index is 5.79. The number of likely N-dealkylation sites (N-methyl/N-ethyl adjacent to an activating group) is 1. The molecule has 19 heavy (non-hydrogen) atoms. The lowest BCUT2D eigenvalue weighted by atomic mass is 9.98. The smallest absolute Gasteiger partial charge is 0.141 e. The Morgan fingerprint density at radius 1 is 1.37 bits per heavy atom. The van der Waals surface area contributed by atoms with E-state index < -0.39 is 0 Å². The fourth-order valence-corrected chi connectivity index (χ4v) is 3.25. The molecule has 0 aromatic heterocycles. The second-order valence-corrected chi connectivity index (χ2v) is 5.32. The molecule has 2 unspecified atom stereocenters. The second kappa shape index (κ2) is 6.59. The lowest BCUT2D eigenvalue weighted by molar-refractivity contribution is 0.0799. The zero-order chi connectivity index (χ0) is 13.8. The number of benzene rings is 1. The topological polar surface area (TPSA) is 39.7 Å². The van der Waals surface area contributed by atoms with Gasteiger partial charge in [-0.3, -0.25) is 0 Å². The van der Waals surface area contributed by atoms with Crippen molar-refractivity contribution in [1.29, 1.82) is 0 Å². The molecule has 1 heterocycles. The summed E-state index contributed by atoms with van der Waals surface area (Å²) in [5.74, 6) is 1.57. The summed E-state index contributed by atoms with van der Waals surface area (Å²) in [7, 11) is 5.27. The Morgan fingerprint density at radius 2 is 2.16 bits per heavy atom. The van der Waals surface area contributed by atoms with E-state index in [-0.39, 0.29) is 12.1 Å². The van der Waals surface area contributed by atoms with E-state index in [1.165, 1.54) is 0 Å². The molecule has 106 valence electrons. The predicted molar refractivity (Wildman–Crippen MR) is 78.0 cm³/mol. The Kier molecular flexibility index (Phi) is 5.07. The van der Waals surface area contributed by atoms with Gasteiger partial charge in [-0.1, -0.05) is 0 Å².